The monoisotopic (exact) mass is 238 g/mol. The summed E-state index contributed by atoms with van der Waals surface area (Å²) < 4.78 is 3.41. The quantitative estimate of drug-likeness (QED) is 0.658. The van der Waals surface area contributed by atoms with E-state index in [1.807, 2.05) is 18.2 Å². The summed E-state index contributed by atoms with van der Waals surface area (Å²) in [5, 5.41) is 9.63. The van der Waals surface area contributed by atoms with Gasteiger partial charge in [0.15, 0.2) is 4.34 Å². The Balaban J connectivity index is 1.84. The fraction of sp³-hybridized carbons (Fsp3) is 0.300. The van der Waals surface area contributed by atoms with Crippen LogP contribution in [0.4, 0.5) is 0 Å². The fourth-order valence-corrected chi connectivity index (χ4v) is 3.34. The van der Waals surface area contributed by atoms with Crippen molar-refractivity contribution in [2.75, 3.05) is 0 Å². The highest BCUT2D eigenvalue weighted by atomic mass is 32.2. The van der Waals surface area contributed by atoms with Crippen molar-refractivity contribution in [3.05, 3.63) is 24.3 Å². The number of hydroxylamine groups is 1. The predicted octanol–water partition coefficient (Wildman–Crippen LogP) is 3.16. The van der Waals surface area contributed by atoms with Crippen LogP contribution in [0.15, 0.2) is 28.6 Å². The Hall–Kier alpha value is -0.620. The maximum absolute atomic E-state index is 9.63. The molecule has 1 fully saturated rings. The summed E-state index contributed by atoms with van der Waals surface area (Å²) in [6.45, 7) is 0. The number of aromatic nitrogens is 1. The molecule has 15 heavy (non-hydrogen) atoms. The summed E-state index contributed by atoms with van der Waals surface area (Å²) in [6.07, 6.45) is 2.18. The highest BCUT2D eigenvalue weighted by Crippen LogP contribution is 2.36. The molecule has 1 saturated carbocycles. The summed E-state index contributed by atoms with van der Waals surface area (Å²) in [4.78, 5) is 4.44. The molecule has 3 nitrogen and oxygen atoms in total. The Morgan fingerprint density at radius 2 is 2.20 bits per heavy atom. The Morgan fingerprint density at radius 1 is 1.40 bits per heavy atom. The molecule has 0 saturated heterocycles. The van der Waals surface area contributed by atoms with Crippen LogP contribution >= 0.6 is 23.3 Å². The van der Waals surface area contributed by atoms with Crippen molar-refractivity contribution < 1.29 is 5.21 Å². The number of hydrogen-bond acceptors (Lipinski definition) is 5. The van der Waals surface area contributed by atoms with E-state index in [9.17, 15) is 5.21 Å². The largest absolute Gasteiger partial charge is 0.303 e. The number of benzene rings is 1. The van der Waals surface area contributed by atoms with E-state index >= 15 is 0 Å². The van der Waals surface area contributed by atoms with Crippen LogP contribution in [0.5, 0.6) is 0 Å². The highest BCUT2D eigenvalue weighted by Gasteiger charge is 2.29. The first-order valence-electron chi connectivity index (χ1n) is 4.84. The molecular formula is C10H10N2OS2. The second-order valence-corrected chi connectivity index (χ2v) is 5.80. The maximum atomic E-state index is 9.63. The molecule has 78 valence electrons. The van der Waals surface area contributed by atoms with Gasteiger partial charge in [-0.1, -0.05) is 12.1 Å². The van der Waals surface area contributed by atoms with E-state index in [2.05, 4.69) is 11.1 Å². The SMILES string of the molecule is ON(Sc1nc2ccccc2s1)C1CC1. The fourth-order valence-electron chi connectivity index (χ4n) is 1.34. The zero-order chi connectivity index (χ0) is 10.3. The van der Waals surface area contributed by atoms with Gasteiger partial charge >= 0.3 is 0 Å². The van der Waals surface area contributed by atoms with E-state index in [-0.39, 0.29) is 0 Å². The van der Waals surface area contributed by atoms with Gasteiger partial charge in [0.2, 0.25) is 0 Å². The second kappa shape index (κ2) is 3.75. The topological polar surface area (TPSA) is 36.4 Å². The van der Waals surface area contributed by atoms with Gasteiger partial charge in [-0.25, -0.2) is 4.98 Å². The van der Waals surface area contributed by atoms with Crippen LogP contribution in [0, 0.1) is 0 Å². The van der Waals surface area contributed by atoms with Crippen LogP contribution in [0.3, 0.4) is 0 Å². The molecule has 1 aromatic heterocycles. The molecule has 0 atom stereocenters. The Bertz CT molecular complexity index is 448. The number of rotatable bonds is 3. The molecule has 0 spiro atoms. The molecule has 0 radical (unpaired) electrons. The summed E-state index contributed by atoms with van der Waals surface area (Å²) in [5.41, 5.74) is 1.01. The summed E-state index contributed by atoms with van der Waals surface area (Å²) in [5.74, 6) is 0. The van der Waals surface area contributed by atoms with Crippen molar-refractivity contribution in [1.82, 2.24) is 9.45 Å². The van der Waals surface area contributed by atoms with Gasteiger partial charge in [0, 0.05) is 18.0 Å². The third-order valence-electron chi connectivity index (χ3n) is 2.31. The van der Waals surface area contributed by atoms with Crippen LogP contribution in [-0.4, -0.2) is 20.7 Å². The van der Waals surface area contributed by atoms with Gasteiger partial charge in [0.05, 0.1) is 10.2 Å². The van der Waals surface area contributed by atoms with Crippen molar-refractivity contribution >= 4 is 33.5 Å². The summed E-state index contributed by atoms with van der Waals surface area (Å²) in [7, 11) is 0. The van der Waals surface area contributed by atoms with E-state index in [1.54, 1.807) is 11.3 Å². The predicted molar refractivity (Wildman–Crippen MR) is 62.1 cm³/mol. The number of fused-ring (bicyclic) bond motifs is 1. The zero-order valence-corrected chi connectivity index (χ0v) is 9.59. The summed E-state index contributed by atoms with van der Waals surface area (Å²) in [6, 6.07) is 8.37. The molecule has 1 aliphatic rings. The third-order valence-corrected chi connectivity index (χ3v) is 4.34. The molecule has 1 N–H and O–H groups in total. The molecule has 0 bridgehead atoms. The molecule has 3 rings (SSSR count). The van der Waals surface area contributed by atoms with E-state index in [0.29, 0.717) is 6.04 Å². The molecule has 1 aromatic carbocycles. The van der Waals surface area contributed by atoms with Crippen molar-refractivity contribution in [2.24, 2.45) is 0 Å². The van der Waals surface area contributed by atoms with Crippen LogP contribution < -0.4 is 0 Å². The molecule has 1 aliphatic carbocycles. The number of hydrogen-bond donors (Lipinski definition) is 1. The van der Waals surface area contributed by atoms with E-state index in [1.165, 1.54) is 21.1 Å². The number of thiazole rings is 1. The van der Waals surface area contributed by atoms with Gasteiger partial charge in [-0.05, 0) is 25.0 Å². The first-order valence-corrected chi connectivity index (χ1v) is 6.43. The van der Waals surface area contributed by atoms with E-state index in [4.69, 9.17) is 0 Å². The van der Waals surface area contributed by atoms with Crippen molar-refractivity contribution in [2.45, 2.75) is 23.2 Å². The lowest BCUT2D eigenvalue weighted by Gasteiger charge is -2.08. The average molecular weight is 238 g/mol. The van der Waals surface area contributed by atoms with Gasteiger partial charge in [0.1, 0.15) is 0 Å². The Kier molecular flexibility index (Phi) is 2.40. The lowest BCUT2D eigenvalue weighted by molar-refractivity contribution is 0.00855. The highest BCUT2D eigenvalue weighted by molar-refractivity contribution is 7.98. The van der Waals surface area contributed by atoms with Gasteiger partial charge in [-0.3, -0.25) is 0 Å². The maximum Gasteiger partial charge on any atom is 0.168 e. The van der Waals surface area contributed by atoms with Crippen LogP contribution in [0.25, 0.3) is 10.2 Å². The minimum Gasteiger partial charge on any atom is -0.303 e. The molecule has 0 aliphatic heterocycles. The minimum atomic E-state index is 0.335. The van der Waals surface area contributed by atoms with Gasteiger partial charge < -0.3 is 5.21 Å². The van der Waals surface area contributed by atoms with Gasteiger partial charge in [-0.2, -0.15) is 0 Å². The average Bonchev–Trinajstić information content (AvgIpc) is 2.99. The number of para-hydroxylation sites is 1. The second-order valence-electron chi connectivity index (χ2n) is 3.57. The molecular weight excluding hydrogens is 228 g/mol. The van der Waals surface area contributed by atoms with Crippen molar-refractivity contribution in [3.8, 4) is 0 Å². The van der Waals surface area contributed by atoms with Crippen LogP contribution in [0.2, 0.25) is 0 Å². The minimum absolute atomic E-state index is 0.335. The third kappa shape index (κ3) is 2.01. The molecule has 2 aromatic rings. The summed E-state index contributed by atoms with van der Waals surface area (Å²) >= 11 is 2.96. The Morgan fingerprint density at radius 3 is 2.93 bits per heavy atom. The van der Waals surface area contributed by atoms with Gasteiger partial charge in [-0.15, -0.1) is 15.8 Å². The lowest BCUT2D eigenvalue weighted by Crippen LogP contribution is -2.11. The lowest BCUT2D eigenvalue weighted by atomic mass is 10.3. The van der Waals surface area contributed by atoms with E-state index < -0.39 is 0 Å². The first-order chi connectivity index (χ1) is 7.33. The molecule has 0 unspecified atom stereocenters. The molecule has 0 amide bonds. The smallest absolute Gasteiger partial charge is 0.168 e. The van der Waals surface area contributed by atoms with E-state index in [0.717, 1.165) is 22.7 Å². The van der Waals surface area contributed by atoms with Crippen LogP contribution in [-0.2, 0) is 0 Å². The van der Waals surface area contributed by atoms with Gasteiger partial charge in [0.25, 0.3) is 0 Å². The molecule has 5 heteroatoms. The normalized spacial score (nSPS) is 16.4. The standard InChI is InChI=1S/C10H10N2OS2/c13-12(7-5-6-7)15-10-11-8-3-1-2-4-9(8)14-10/h1-4,7,13H,5-6H2. The van der Waals surface area contributed by atoms with Crippen molar-refractivity contribution in [3.63, 3.8) is 0 Å². The zero-order valence-electron chi connectivity index (χ0n) is 7.96. The number of nitrogens with zero attached hydrogens (tertiary/aromatic N) is 2. The Labute approximate surface area is 95.8 Å². The van der Waals surface area contributed by atoms with Crippen molar-refractivity contribution in [1.29, 1.82) is 0 Å². The molecule has 1 heterocycles. The first kappa shape index (κ1) is 9.59. The van der Waals surface area contributed by atoms with Crippen LogP contribution in [0.1, 0.15) is 12.8 Å².